The maximum absolute atomic E-state index is 12.5. The fourth-order valence-electron chi connectivity index (χ4n) is 3.57. The van der Waals surface area contributed by atoms with Gasteiger partial charge < -0.3 is 14.2 Å². The Morgan fingerprint density at radius 3 is 2.42 bits per heavy atom. The van der Waals surface area contributed by atoms with Gasteiger partial charge in [0, 0.05) is 5.56 Å². The average molecular weight is 503 g/mol. The second-order valence-electron chi connectivity index (χ2n) is 7.39. The normalized spacial score (nSPS) is 11.0. The first kappa shape index (κ1) is 22.6. The van der Waals surface area contributed by atoms with E-state index in [2.05, 4.69) is 40.2 Å². The molecule has 4 rings (SSSR count). The Bertz CT molecular complexity index is 1300. The summed E-state index contributed by atoms with van der Waals surface area (Å²) in [4.78, 5) is 12.5. The number of fused-ring (bicyclic) bond motifs is 1. The third-order valence-corrected chi connectivity index (χ3v) is 5.89. The molecule has 33 heavy (non-hydrogen) atoms. The standard InChI is InChI=1S/C28H23BrO4/c1-31-23-13-11-21(12-14-23)26(30)15-10-19-16-25(29)28(27(17-19)32-2)33-18-22-8-5-7-20-6-3-4-9-24(20)22/h3-17H,18H2,1-2H3/b15-10+. The molecule has 0 amide bonds. The van der Waals surface area contributed by atoms with Gasteiger partial charge in [0.05, 0.1) is 18.7 Å². The molecule has 4 nitrogen and oxygen atoms in total. The van der Waals surface area contributed by atoms with Crippen molar-refractivity contribution in [1.29, 1.82) is 0 Å². The topological polar surface area (TPSA) is 44.8 Å². The Morgan fingerprint density at radius 1 is 0.909 bits per heavy atom. The van der Waals surface area contributed by atoms with Gasteiger partial charge in [0.25, 0.3) is 0 Å². The second-order valence-corrected chi connectivity index (χ2v) is 8.24. The third kappa shape index (κ3) is 5.26. The van der Waals surface area contributed by atoms with Gasteiger partial charge in [0.15, 0.2) is 17.3 Å². The minimum atomic E-state index is -0.0935. The lowest BCUT2D eigenvalue weighted by Gasteiger charge is -2.14. The Morgan fingerprint density at radius 2 is 1.67 bits per heavy atom. The number of rotatable bonds is 8. The summed E-state index contributed by atoms with van der Waals surface area (Å²) < 4.78 is 17.6. The third-order valence-electron chi connectivity index (χ3n) is 5.31. The molecular weight excluding hydrogens is 480 g/mol. The lowest BCUT2D eigenvalue weighted by atomic mass is 10.1. The summed E-state index contributed by atoms with van der Waals surface area (Å²) in [5.74, 6) is 1.82. The van der Waals surface area contributed by atoms with Crippen molar-refractivity contribution in [1.82, 2.24) is 0 Å². The highest BCUT2D eigenvalue weighted by atomic mass is 79.9. The molecule has 0 bridgehead atoms. The fourth-order valence-corrected chi connectivity index (χ4v) is 4.14. The van der Waals surface area contributed by atoms with Crippen molar-refractivity contribution >= 4 is 38.6 Å². The van der Waals surface area contributed by atoms with Gasteiger partial charge in [-0.15, -0.1) is 0 Å². The number of halogens is 1. The Balaban J connectivity index is 1.52. The lowest BCUT2D eigenvalue weighted by molar-refractivity contribution is 0.104. The molecule has 0 unspecified atom stereocenters. The van der Waals surface area contributed by atoms with Crippen LogP contribution >= 0.6 is 15.9 Å². The van der Waals surface area contributed by atoms with E-state index in [1.807, 2.05) is 30.3 Å². The van der Waals surface area contributed by atoms with Crippen LogP contribution in [0.5, 0.6) is 17.2 Å². The highest BCUT2D eigenvalue weighted by Gasteiger charge is 2.12. The first-order valence-corrected chi connectivity index (χ1v) is 11.2. The summed E-state index contributed by atoms with van der Waals surface area (Å²) in [7, 11) is 3.19. The summed E-state index contributed by atoms with van der Waals surface area (Å²) in [5, 5.41) is 2.33. The summed E-state index contributed by atoms with van der Waals surface area (Å²) in [6.45, 7) is 0.404. The summed E-state index contributed by atoms with van der Waals surface area (Å²) in [6, 6.07) is 25.2. The molecule has 0 saturated heterocycles. The van der Waals surface area contributed by atoms with E-state index >= 15 is 0 Å². The van der Waals surface area contributed by atoms with Crippen LogP contribution in [0, 0.1) is 0 Å². The van der Waals surface area contributed by atoms with Gasteiger partial charge in [0.1, 0.15) is 12.4 Å². The fraction of sp³-hybridized carbons (Fsp3) is 0.107. The molecule has 4 aromatic rings. The number of carbonyl (C=O) groups is 1. The van der Waals surface area contributed by atoms with Gasteiger partial charge in [0.2, 0.25) is 0 Å². The number of carbonyl (C=O) groups excluding carboxylic acids is 1. The van der Waals surface area contributed by atoms with Crippen molar-refractivity contribution in [2.75, 3.05) is 14.2 Å². The highest BCUT2D eigenvalue weighted by Crippen LogP contribution is 2.38. The van der Waals surface area contributed by atoms with E-state index in [1.54, 1.807) is 50.6 Å². The molecule has 4 aromatic carbocycles. The molecule has 0 heterocycles. The quantitative estimate of drug-likeness (QED) is 0.190. The van der Waals surface area contributed by atoms with E-state index < -0.39 is 0 Å². The van der Waals surface area contributed by atoms with Gasteiger partial charge in [-0.25, -0.2) is 0 Å². The first-order chi connectivity index (χ1) is 16.1. The van der Waals surface area contributed by atoms with Gasteiger partial charge in [-0.3, -0.25) is 4.79 Å². The molecule has 0 aliphatic carbocycles. The molecule has 0 spiro atoms. The molecule has 0 radical (unpaired) electrons. The van der Waals surface area contributed by atoms with Crippen molar-refractivity contribution in [3.05, 3.63) is 106 Å². The van der Waals surface area contributed by atoms with Gasteiger partial charge in [-0.05, 0) is 80.3 Å². The maximum atomic E-state index is 12.5. The van der Waals surface area contributed by atoms with E-state index in [0.717, 1.165) is 21.0 Å². The van der Waals surface area contributed by atoms with Crippen LogP contribution in [-0.2, 0) is 6.61 Å². The number of ether oxygens (including phenoxy) is 3. The van der Waals surface area contributed by atoms with Crippen molar-refractivity contribution in [2.45, 2.75) is 6.61 Å². The van der Waals surface area contributed by atoms with E-state index in [0.29, 0.717) is 29.4 Å². The summed E-state index contributed by atoms with van der Waals surface area (Å²) >= 11 is 3.59. The van der Waals surface area contributed by atoms with E-state index in [4.69, 9.17) is 14.2 Å². The molecule has 0 atom stereocenters. The van der Waals surface area contributed by atoms with Crippen molar-refractivity contribution < 1.29 is 19.0 Å². The minimum Gasteiger partial charge on any atom is -0.497 e. The zero-order valence-electron chi connectivity index (χ0n) is 18.4. The van der Waals surface area contributed by atoms with Gasteiger partial charge in [-0.2, -0.15) is 0 Å². The van der Waals surface area contributed by atoms with E-state index in [-0.39, 0.29) is 5.78 Å². The largest absolute Gasteiger partial charge is 0.497 e. The number of benzene rings is 4. The van der Waals surface area contributed by atoms with Crippen LogP contribution in [0.4, 0.5) is 0 Å². The number of ketones is 1. The zero-order chi connectivity index (χ0) is 23.2. The van der Waals surface area contributed by atoms with E-state index in [1.165, 1.54) is 5.39 Å². The van der Waals surface area contributed by atoms with Crippen molar-refractivity contribution in [2.24, 2.45) is 0 Å². The highest BCUT2D eigenvalue weighted by molar-refractivity contribution is 9.10. The van der Waals surface area contributed by atoms with Gasteiger partial charge >= 0.3 is 0 Å². The van der Waals surface area contributed by atoms with Crippen LogP contribution in [-0.4, -0.2) is 20.0 Å². The monoisotopic (exact) mass is 502 g/mol. The summed E-state index contributed by atoms with van der Waals surface area (Å²) in [5.41, 5.74) is 2.50. The van der Waals surface area contributed by atoms with Crippen molar-refractivity contribution in [3.63, 3.8) is 0 Å². The Hall–Kier alpha value is -3.57. The SMILES string of the molecule is COc1ccc(C(=O)/C=C/c2cc(Br)c(OCc3cccc4ccccc34)c(OC)c2)cc1. The smallest absolute Gasteiger partial charge is 0.185 e. The molecule has 0 aliphatic heterocycles. The van der Waals surface area contributed by atoms with Crippen molar-refractivity contribution in [3.8, 4) is 17.2 Å². The molecular formula is C28H23BrO4. The molecule has 166 valence electrons. The average Bonchev–Trinajstić information content (AvgIpc) is 2.86. The predicted octanol–water partition coefficient (Wildman–Crippen LogP) is 7.09. The minimum absolute atomic E-state index is 0.0935. The van der Waals surface area contributed by atoms with Crippen LogP contribution in [0.1, 0.15) is 21.5 Å². The van der Waals surface area contributed by atoms with Crippen LogP contribution < -0.4 is 14.2 Å². The molecule has 5 heteroatoms. The molecule has 0 N–H and O–H groups in total. The second kappa shape index (κ2) is 10.4. The molecule has 0 aliphatic rings. The molecule has 0 saturated carbocycles. The molecule has 0 aromatic heterocycles. The summed E-state index contributed by atoms with van der Waals surface area (Å²) in [6.07, 6.45) is 3.30. The van der Waals surface area contributed by atoms with Crippen LogP contribution in [0.25, 0.3) is 16.8 Å². The Kier molecular flexibility index (Phi) is 7.10. The Labute approximate surface area is 201 Å². The van der Waals surface area contributed by atoms with Crippen LogP contribution in [0.3, 0.4) is 0 Å². The number of methoxy groups -OCH3 is 2. The number of hydrogen-bond acceptors (Lipinski definition) is 4. The predicted molar refractivity (Wildman–Crippen MR) is 135 cm³/mol. The lowest BCUT2D eigenvalue weighted by Crippen LogP contribution is -2.00. The molecule has 0 fully saturated rings. The zero-order valence-corrected chi connectivity index (χ0v) is 20.0. The van der Waals surface area contributed by atoms with Crippen LogP contribution in [0.2, 0.25) is 0 Å². The number of allylic oxidation sites excluding steroid dienone is 1. The first-order valence-electron chi connectivity index (χ1n) is 10.4. The van der Waals surface area contributed by atoms with Gasteiger partial charge in [-0.1, -0.05) is 48.5 Å². The number of hydrogen-bond donors (Lipinski definition) is 0. The van der Waals surface area contributed by atoms with E-state index in [9.17, 15) is 4.79 Å². The van der Waals surface area contributed by atoms with Crippen LogP contribution in [0.15, 0.2) is 89.4 Å². The maximum Gasteiger partial charge on any atom is 0.185 e.